The topological polar surface area (TPSA) is 68.5 Å². The summed E-state index contributed by atoms with van der Waals surface area (Å²) in [5.41, 5.74) is -0.587. The largest absolute Gasteiger partial charge is 0.573 e. The van der Waals surface area contributed by atoms with E-state index >= 15 is 0 Å². The Morgan fingerprint density at radius 3 is 2.62 bits per heavy atom. The lowest BCUT2D eigenvalue weighted by Crippen LogP contribution is -2.30. The lowest BCUT2D eigenvalue weighted by atomic mass is 9.89. The van der Waals surface area contributed by atoms with Crippen molar-refractivity contribution in [2.45, 2.75) is 38.5 Å². The van der Waals surface area contributed by atoms with Gasteiger partial charge in [-0.15, -0.1) is 13.2 Å². The predicted molar refractivity (Wildman–Crippen MR) is 88.1 cm³/mol. The Balaban J connectivity index is 1.76. The van der Waals surface area contributed by atoms with Gasteiger partial charge in [0.05, 0.1) is 5.39 Å². The number of amides is 1. The fourth-order valence-corrected chi connectivity index (χ4v) is 3.16. The van der Waals surface area contributed by atoms with Gasteiger partial charge < -0.3 is 14.5 Å². The number of hydrogen-bond acceptors (Lipinski definition) is 4. The standard InChI is InChI=1S/C18H18F3NO4/c19-18(20,21)26-12-6-7-15-13(8-12)14(23)9-16(25-15)17(24)22-10-11-4-2-1-3-5-11/h6-9,11H,1-5,10H2,(H,22,24). The summed E-state index contributed by atoms with van der Waals surface area (Å²) in [7, 11) is 0. The zero-order chi connectivity index (χ0) is 18.7. The van der Waals surface area contributed by atoms with Gasteiger partial charge in [0.15, 0.2) is 11.2 Å². The zero-order valence-electron chi connectivity index (χ0n) is 13.9. The molecule has 1 fully saturated rings. The minimum absolute atomic E-state index is 0.0230. The normalized spacial score (nSPS) is 15.8. The molecule has 0 saturated heterocycles. The fraction of sp³-hybridized carbons (Fsp3) is 0.444. The zero-order valence-corrected chi connectivity index (χ0v) is 13.9. The molecular weight excluding hydrogens is 351 g/mol. The molecule has 0 unspecified atom stereocenters. The van der Waals surface area contributed by atoms with E-state index in [1.54, 1.807) is 0 Å². The van der Waals surface area contributed by atoms with Crippen LogP contribution in [-0.2, 0) is 0 Å². The van der Waals surface area contributed by atoms with Crippen LogP contribution in [0.4, 0.5) is 13.2 Å². The van der Waals surface area contributed by atoms with Gasteiger partial charge in [-0.1, -0.05) is 19.3 Å². The first-order valence-corrected chi connectivity index (χ1v) is 8.44. The molecule has 1 heterocycles. The quantitative estimate of drug-likeness (QED) is 0.884. The lowest BCUT2D eigenvalue weighted by molar-refractivity contribution is -0.274. The Kier molecular flexibility index (Phi) is 5.20. The van der Waals surface area contributed by atoms with Crippen LogP contribution in [0.1, 0.15) is 42.7 Å². The maximum absolute atomic E-state index is 12.3. The highest BCUT2D eigenvalue weighted by Gasteiger charge is 2.31. The third-order valence-electron chi connectivity index (χ3n) is 4.43. The molecule has 0 spiro atoms. The molecule has 1 N–H and O–H groups in total. The fourth-order valence-electron chi connectivity index (χ4n) is 3.16. The number of halogens is 3. The molecule has 140 valence electrons. The van der Waals surface area contributed by atoms with Crippen molar-refractivity contribution in [2.24, 2.45) is 5.92 Å². The molecule has 0 atom stereocenters. The molecule has 1 aromatic carbocycles. The van der Waals surface area contributed by atoms with Gasteiger partial charge in [0, 0.05) is 12.6 Å². The number of hydrogen-bond donors (Lipinski definition) is 1. The molecule has 8 heteroatoms. The van der Waals surface area contributed by atoms with Crippen molar-refractivity contribution < 1.29 is 27.1 Å². The maximum Gasteiger partial charge on any atom is 0.573 e. The van der Waals surface area contributed by atoms with Crippen molar-refractivity contribution in [3.05, 3.63) is 40.2 Å². The third kappa shape index (κ3) is 4.56. The highest BCUT2D eigenvalue weighted by Crippen LogP contribution is 2.26. The number of alkyl halides is 3. The second-order valence-corrected chi connectivity index (χ2v) is 6.39. The van der Waals surface area contributed by atoms with E-state index in [-0.39, 0.29) is 16.7 Å². The first-order chi connectivity index (χ1) is 12.3. The van der Waals surface area contributed by atoms with Crippen molar-refractivity contribution in [1.82, 2.24) is 5.32 Å². The molecule has 0 bridgehead atoms. The van der Waals surface area contributed by atoms with E-state index in [0.717, 1.165) is 43.9 Å². The molecule has 2 aromatic rings. The maximum atomic E-state index is 12.3. The molecule has 1 aliphatic rings. The minimum atomic E-state index is -4.85. The van der Waals surface area contributed by atoms with Gasteiger partial charge in [-0.2, -0.15) is 0 Å². The Labute approximate surface area is 147 Å². The second kappa shape index (κ2) is 7.39. The highest BCUT2D eigenvalue weighted by atomic mass is 19.4. The van der Waals surface area contributed by atoms with E-state index < -0.39 is 23.4 Å². The molecule has 1 saturated carbocycles. The van der Waals surface area contributed by atoms with Gasteiger partial charge in [0.25, 0.3) is 5.91 Å². The third-order valence-corrected chi connectivity index (χ3v) is 4.43. The van der Waals surface area contributed by atoms with Crippen LogP contribution >= 0.6 is 0 Å². The van der Waals surface area contributed by atoms with Crippen molar-refractivity contribution in [3.63, 3.8) is 0 Å². The molecule has 1 aliphatic carbocycles. The van der Waals surface area contributed by atoms with E-state index in [2.05, 4.69) is 10.1 Å². The summed E-state index contributed by atoms with van der Waals surface area (Å²) in [6.45, 7) is 0.513. The van der Waals surface area contributed by atoms with Gasteiger partial charge in [0.2, 0.25) is 0 Å². The van der Waals surface area contributed by atoms with E-state index in [1.807, 2.05) is 0 Å². The van der Waals surface area contributed by atoms with Crippen LogP contribution in [0.25, 0.3) is 11.0 Å². The smallest absolute Gasteiger partial charge is 0.451 e. The summed E-state index contributed by atoms with van der Waals surface area (Å²) in [6, 6.07) is 4.13. The van der Waals surface area contributed by atoms with E-state index in [4.69, 9.17) is 4.42 Å². The summed E-state index contributed by atoms with van der Waals surface area (Å²) in [6.07, 6.45) is 0.770. The number of ether oxygens (including phenoxy) is 1. The van der Waals surface area contributed by atoms with E-state index in [1.165, 1.54) is 12.5 Å². The number of carbonyl (C=O) groups excluding carboxylic acids is 1. The van der Waals surface area contributed by atoms with Crippen LogP contribution in [0, 0.1) is 5.92 Å². The molecule has 1 amide bonds. The van der Waals surface area contributed by atoms with Gasteiger partial charge >= 0.3 is 6.36 Å². The molecule has 0 radical (unpaired) electrons. The summed E-state index contributed by atoms with van der Waals surface area (Å²) in [5.74, 6) is -0.776. The molecule has 26 heavy (non-hydrogen) atoms. The average Bonchev–Trinajstić information content (AvgIpc) is 2.59. The lowest BCUT2D eigenvalue weighted by Gasteiger charge is -2.21. The first-order valence-electron chi connectivity index (χ1n) is 8.44. The van der Waals surface area contributed by atoms with Crippen molar-refractivity contribution in [2.75, 3.05) is 6.54 Å². The van der Waals surface area contributed by atoms with Crippen LogP contribution < -0.4 is 15.5 Å². The van der Waals surface area contributed by atoms with Crippen LogP contribution in [0.2, 0.25) is 0 Å². The molecule has 5 nitrogen and oxygen atoms in total. The van der Waals surface area contributed by atoms with Gasteiger partial charge in [-0.25, -0.2) is 0 Å². The van der Waals surface area contributed by atoms with Gasteiger partial charge in [-0.05, 0) is 37.0 Å². The predicted octanol–water partition coefficient (Wildman–Crippen LogP) is 4.00. The highest BCUT2D eigenvalue weighted by molar-refractivity contribution is 5.93. The van der Waals surface area contributed by atoms with Crippen molar-refractivity contribution in [3.8, 4) is 5.75 Å². The van der Waals surface area contributed by atoms with Crippen LogP contribution in [0.5, 0.6) is 5.75 Å². The van der Waals surface area contributed by atoms with Gasteiger partial charge in [0.1, 0.15) is 11.3 Å². The summed E-state index contributed by atoms with van der Waals surface area (Å²) in [5, 5.41) is 2.67. The van der Waals surface area contributed by atoms with E-state index in [9.17, 15) is 22.8 Å². The summed E-state index contributed by atoms with van der Waals surface area (Å²) < 4.78 is 46.0. The molecule has 3 rings (SSSR count). The number of nitrogens with one attached hydrogen (secondary N) is 1. The van der Waals surface area contributed by atoms with E-state index in [0.29, 0.717) is 12.5 Å². The Bertz CT molecular complexity index is 854. The SMILES string of the molecule is O=C(NCC1CCCCC1)c1cc(=O)c2cc(OC(F)(F)F)ccc2o1. The first kappa shape index (κ1) is 18.3. The van der Waals surface area contributed by atoms with Gasteiger partial charge in [-0.3, -0.25) is 9.59 Å². The minimum Gasteiger partial charge on any atom is -0.451 e. The Hall–Kier alpha value is -2.51. The summed E-state index contributed by atoms with van der Waals surface area (Å²) in [4.78, 5) is 24.4. The molecule has 1 aromatic heterocycles. The average molecular weight is 369 g/mol. The second-order valence-electron chi connectivity index (χ2n) is 6.39. The Morgan fingerprint density at radius 1 is 1.19 bits per heavy atom. The summed E-state index contributed by atoms with van der Waals surface area (Å²) >= 11 is 0. The van der Waals surface area contributed by atoms with Crippen molar-refractivity contribution in [1.29, 1.82) is 0 Å². The van der Waals surface area contributed by atoms with Crippen molar-refractivity contribution >= 4 is 16.9 Å². The number of benzene rings is 1. The number of carbonyl (C=O) groups is 1. The molecule has 0 aliphatic heterocycles. The van der Waals surface area contributed by atoms with Crippen LogP contribution in [-0.4, -0.2) is 18.8 Å². The monoisotopic (exact) mass is 369 g/mol. The number of rotatable bonds is 4. The molecular formula is C18H18F3NO4. The van der Waals surface area contributed by atoms with Crippen LogP contribution in [0.15, 0.2) is 33.5 Å². The number of fused-ring (bicyclic) bond motifs is 1. The van der Waals surface area contributed by atoms with Crippen LogP contribution in [0.3, 0.4) is 0 Å². The Morgan fingerprint density at radius 2 is 1.92 bits per heavy atom.